The van der Waals surface area contributed by atoms with Crippen LogP contribution >= 0.6 is 0 Å². The first-order valence-corrected chi connectivity index (χ1v) is 6.39. The first-order valence-electron chi connectivity index (χ1n) is 6.39. The highest BCUT2D eigenvalue weighted by Gasteiger charge is 2.62. The number of nitrogens with zero attached hydrogens (tertiary/aromatic N) is 2. The zero-order valence-electron chi connectivity index (χ0n) is 11.2. The van der Waals surface area contributed by atoms with E-state index in [1.807, 2.05) is 4.90 Å². The third-order valence-electron chi connectivity index (χ3n) is 4.22. The summed E-state index contributed by atoms with van der Waals surface area (Å²) in [7, 11) is 1.80. The zero-order valence-corrected chi connectivity index (χ0v) is 11.2. The Labute approximate surface area is 114 Å². The minimum atomic E-state index is -1.08. The molecule has 0 aliphatic carbocycles. The summed E-state index contributed by atoms with van der Waals surface area (Å²) in [5.74, 6) is 0. The lowest BCUT2D eigenvalue weighted by atomic mass is 10.0. The van der Waals surface area contributed by atoms with Crippen molar-refractivity contribution >= 4 is 0 Å². The number of likely N-dealkylation sites (N-methyl/N-ethyl adjacent to an activating group) is 1. The Balaban J connectivity index is 2.07. The summed E-state index contributed by atoms with van der Waals surface area (Å²) in [4.78, 5) is 27.4. The Kier molecular flexibility index (Phi) is 2.87. The van der Waals surface area contributed by atoms with Gasteiger partial charge in [-0.2, -0.15) is 0 Å². The topological polar surface area (TPSA) is 108 Å². The molecule has 2 unspecified atom stereocenters. The number of aromatic amines is 1. The normalized spacial score (nSPS) is 36.7. The molecule has 2 bridgehead atoms. The van der Waals surface area contributed by atoms with Gasteiger partial charge in [0, 0.05) is 18.3 Å². The first-order chi connectivity index (χ1) is 9.39. The number of hydrogen-bond acceptors (Lipinski definition) is 6. The standard InChI is InChI=1S/C12H17N3O5/c1-6-3-15(11(19)13-9(6)18)10-7-8(17)12(5-16,20-10)4-14(7)2/h3,7-8,10,16-17H,4-5H2,1-2H3,(H,13,18,19)/t7?,8?,10-,12-/m1/s1. The molecule has 0 aromatic carbocycles. The van der Waals surface area contributed by atoms with Crippen molar-refractivity contribution in [3.63, 3.8) is 0 Å². The summed E-state index contributed by atoms with van der Waals surface area (Å²) in [5.41, 5.74) is -1.73. The van der Waals surface area contributed by atoms with E-state index in [1.165, 1.54) is 10.8 Å². The maximum absolute atomic E-state index is 11.9. The van der Waals surface area contributed by atoms with Gasteiger partial charge in [-0.05, 0) is 14.0 Å². The third kappa shape index (κ3) is 1.62. The second-order valence-corrected chi connectivity index (χ2v) is 5.56. The van der Waals surface area contributed by atoms with Crippen LogP contribution in [0.1, 0.15) is 11.8 Å². The number of aromatic nitrogens is 2. The molecule has 1 aromatic rings. The number of hydrogen-bond donors (Lipinski definition) is 3. The van der Waals surface area contributed by atoms with Crippen LogP contribution in [0, 0.1) is 6.92 Å². The number of ether oxygens (including phenoxy) is 1. The van der Waals surface area contributed by atoms with E-state index < -0.39 is 35.2 Å². The van der Waals surface area contributed by atoms with Crippen molar-refractivity contribution in [1.29, 1.82) is 0 Å². The molecule has 3 rings (SSSR count). The quantitative estimate of drug-likeness (QED) is 0.567. The fraction of sp³-hybridized carbons (Fsp3) is 0.667. The van der Waals surface area contributed by atoms with Crippen LogP contribution in [0.3, 0.4) is 0 Å². The summed E-state index contributed by atoms with van der Waals surface area (Å²) >= 11 is 0. The van der Waals surface area contributed by atoms with Gasteiger partial charge in [0.1, 0.15) is 11.7 Å². The van der Waals surface area contributed by atoms with Gasteiger partial charge in [-0.1, -0.05) is 0 Å². The highest BCUT2D eigenvalue weighted by Crippen LogP contribution is 2.45. The predicted octanol–water partition coefficient (Wildman–Crippen LogP) is -2.22. The van der Waals surface area contributed by atoms with E-state index in [-0.39, 0.29) is 6.61 Å². The van der Waals surface area contributed by atoms with Gasteiger partial charge < -0.3 is 14.9 Å². The second kappa shape index (κ2) is 4.26. The lowest BCUT2D eigenvalue weighted by Gasteiger charge is -2.34. The van der Waals surface area contributed by atoms with Crippen molar-refractivity contribution in [2.75, 3.05) is 20.2 Å². The Morgan fingerprint density at radius 3 is 2.85 bits per heavy atom. The number of likely N-dealkylation sites (tertiary alicyclic amines) is 1. The largest absolute Gasteiger partial charge is 0.393 e. The van der Waals surface area contributed by atoms with Gasteiger partial charge >= 0.3 is 5.69 Å². The fourth-order valence-corrected chi connectivity index (χ4v) is 3.14. The lowest BCUT2D eigenvalue weighted by molar-refractivity contribution is -0.151. The van der Waals surface area contributed by atoms with Crippen molar-refractivity contribution < 1.29 is 14.9 Å². The Morgan fingerprint density at radius 2 is 2.25 bits per heavy atom. The number of aliphatic hydroxyl groups is 2. The van der Waals surface area contributed by atoms with Gasteiger partial charge in [0.05, 0.1) is 12.6 Å². The van der Waals surface area contributed by atoms with Gasteiger partial charge in [-0.3, -0.25) is 19.2 Å². The van der Waals surface area contributed by atoms with Crippen LogP contribution in [-0.2, 0) is 4.74 Å². The van der Waals surface area contributed by atoms with E-state index in [9.17, 15) is 19.8 Å². The van der Waals surface area contributed by atoms with Crippen molar-refractivity contribution in [1.82, 2.24) is 14.5 Å². The Bertz CT molecular complexity index is 653. The molecule has 0 radical (unpaired) electrons. The average molecular weight is 283 g/mol. The van der Waals surface area contributed by atoms with Crippen molar-refractivity contribution in [2.45, 2.75) is 30.9 Å². The van der Waals surface area contributed by atoms with Crippen LogP contribution in [0.4, 0.5) is 0 Å². The summed E-state index contributed by atoms with van der Waals surface area (Å²) in [5, 5.41) is 19.8. The maximum atomic E-state index is 11.9. The predicted molar refractivity (Wildman–Crippen MR) is 68.4 cm³/mol. The summed E-state index contributed by atoms with van der Waals surface area (Å²) in [6.45, 7) is 1.65. The van der Waals surface area contributed by atoms with E-state index in [1.54, 1.807) is 14.0 Å². The van der Waals surface area contributed by atoms with Crippen LogP contribution in [0.5, 0.6) is 0 Å². The summed E-state index contributed by atoms with van der Waals surface area (Å²) in [6, 6.07) is -0.440. The van der Waals surface area contributed by atoms with E-state index in [0.717, 1.165) is 0 Å². The second-order valence-electron chi connectivity index (χ2n) is 5.56. The lowest BCUT2D eigenvalue weighted by Crippen LogP contribution is -2.48. The van der Waals surface area contributed by atoms with Crippen molar-refractivity contribution in [2.24, 2.45) is 0 Å². The Morgan fingerprint density at radius 1 is 1.55 bits per heavy atom. The van der Waals surface area contributed by atoms with Crippen molar-refractivity contribution in [3.8, 4) is 0 Å². The van der Waals surface area contributed by atoms with E-state index in [4.69, 9.17) is 4.74 Å². The molecular formula is C12H17N3O5. The molecule has 8 nitrogen and oxygen atoms in total. The van der Waals surface area contributed by atoms with Gasteiger partial charge in [-0.25, -0.2) is 4.79 Å². The highest BCUT2D eigenvalue weighted by atomic mass is 16.6. The van der Waals surface area contributed by atoms with Crippen LogP contribution in [-0.4, -0.2) is 62.6 Å². The minimum Gasteiger partial charge on any atom is -0.393 e. The van der Waals surface area contributed by atoms with Gasteiger partial charge in [-0.15, -0.1) is 0 Å². The average Bonchev–Trinajstić information content (AvgIpc) is 2.81. The van der Waals surface area contributed by atoms with E-state index >= 15 is 0 Å². The molecule has 8 heteroatoms. The fourth-order valence-electron chi connectivity index (χ4n) is 3.14. The molecular weight excluding hydrogens is 266 g/mol. The van der Waals surface area contributed by atoms with Crippen LogP contribution in [0.25, 0.3) is 0 Å². The molecule has 3 N–H and O–H groups in total. The maximum Gasteiger partial charge on any atom is 0.330 e. The molecule has 1 aromatic heterocycles. The number of aliphatic hydroxyl groups excluding tert-OH is 2. The smallest absolute Gasteiger partial charge is 0.330 e. The molecule has 2 aliphatic heterocycles. The highest BCUT2D eigenvalue weighted by molar-refractivity contribution is 5.13. The van der Waals surface area contributed by atoms with E-state index in [0.29, 0.717) is 12.1 Å². The molecule has 2 saturated heterocycles. The number of nitrogens with one attached hydrogen (secondary N) is 1. The SMILES string of the molecule is Cc1cn([C@@H]2O[C@@]3(CO)CN(C)C2C3O)c(=O)[nH]c1=O. The number of H-pyrrole nitrogens is 1. The van der Waals surface area contributed by atoms with Crippen LogP contribution in [0.2, 0.25) is 0 Å². The summed E-state index contributed by atoms with van der Waals surface area (Å²) in [6.07, 6.45) is -0.210. The van der Waals surface area contributed by atoms with E-state index in [2.05, 4.69) is 4.98 Å². The van der Waals surface area contributed by atoms with Gasteiger partial charge in [0.25, 0.3) is 5.56 Å². The molecule has 110 valence electrons. The van der Waals surface area contributed by atoms with Gasteiger partial charge in [0.15, 0.2) is 6.23 Å². The minimum absolute atomic E-state index is 0.331. The van der Waals surface area contributed by atoms with Crippen LogP contribution in [0.15, 0.2) is 15.8 Å². The molecule has 0 spiro atoms. The molecule has 2 fully saturated rings. The number of aryl methyl sites for hydroxylation is 1. The monoisotopic (exact) mass is 283 g/mol. The first kappa shape index (κ1) is 13.5. The van der Waals surface area contributed by atoms with Crippen LogP contribution < -0.4 is 11.2 Å². The van der Waals surface area contributed by atoms with Gasteiger partial charge in [0.2, 0.25) is 0 Å². The third-order valence-corrected chi connectivity index (χ3v) is 4.22. The molecule has 0 amide bonds. The number of morpholine rings is 1. The molecule has 20 heavy (non-hydrogen) atoms. The Hall–Kier alpha value is -1.48. The van der Waals surface area contributed by atoms with Crippen molar-refractivity contribution in [3.05, 3.63) is 32.6 Å². The zero-order chi connectivity index (χ0) is 14.7. The molecule has 3 heterocycles. The molecule has 4 atom stereocenters. The molecule has 2 aliphatic rings. The summed E-state index contributed by atoms with van der Waals surface area (Å²) < 4.78 is 7.00. The number of rotatable bonds is 2. The number of fused-ring (bicyclic) bond motifs is 2. The molecule has 0 saturated carbocycles.